The number of aromatic nitrogens is 1. The fraction of sp³-hybridized carbons (Fsp3) is 0.375. The van der Waals surface area contributed by atoms with E-state index in [-0.39, 0.29) is 17.5 Å². The Morgan fingerprint density at radius 1 is 1.38 bits per heavy atom. The van der Waals surface area contributed by atoms with Crippen LogP contribution in [0.15, 0.2) is 33.8 Å². The third-order valence-corrected chi connectivity index (χ3v) is 4.39. The molecule has 0 bridgehead atoms. The zero-order valence-corrected chi connectivity index (χ0v) is 13.5. The summed E-state index contributed by atoms with van der Waals surface area (Å²) in [6.45, 7) is -1.37. The summed E-state index contributed by atoms with van der Waals surface area (Å²) in [5, 5.41) is 3.71. The first-order valence-corrected chi connectivity index (χ1v) is 8.48. The number of benzene rings is 1. The zero-order valence-electron chi connectivity index (χ0n) is 12.7. The molecule has 2 aromatic rings. The maximum absolute atomic E-state index is 12.7. The van der Waals surface area contributed by atoms with Crippen LogP contribution in [0.5, 0.6) is 5.75 Å². The first-order valence-electron chi connectivity index (χ1n) is 7.26. The van der Waals surface area contributed by atoms with E-state index in [1.54, 1.807) is 6.26 Å². The van der Waals surface area contributed by atoms with Gasteiger partial charge < -0.3 is 9.26 Å². The van der Waals surface area contributed by atoms with E-state index in [1.165, 1.54) is 36.2 Å². The summed E-state index contributed by atoms with van der Waals surface area (Å²) < 4.78 is 46.6. The second-order valence-corrected chi connectivity index (χ2v) is 6.32. The van der Waals surface area contributed by atoms with Gasteiger partial charge in [0.25, 0.3) is 0 Å². The normalized spacial score (nSPS) is 14.7. The molecule has 1 heterocycles. The standard InChI is InChI=1S/C16H14F3NO3S/c1-24-13-6-10(22-8-16(17,18)19)4-5-11(13)14(21)12-7-20-23-15(12)9-2-3-9/h4-7,9H,2-3,8H2,1H3. The predicted octanol–water partition coefficient (Wildman–Crippen LogP) is 4.45. The molecule has 4 nitrogen and oxygen atoms in total. The first-order chi connectivity index (χ1) is 11.4. The van der Waals surface area contributed by atoms with Crippen molar-refractivity contribution >= 4 is 17.5 Å². The molecule has 0 saturated heterocycles. The van der Waals surface area contributed by atoms with Gasteiger partial charge in [-0.3, -0.25) is 4.79 Å². The van der Waals surface area contributed by atoms with Crippen molar-refractivity contribution in [2.75, 3.05) is 12.9 Å². The number of thioether (sulfide) groups is 1. The molecule has 0 atom stereocenters. The SMILES string of the molecule is CSc1cc(OCC(F)(F)F)ccc1C(=O)c1cnoc1C1CC1. The minimum Gasteiger partial charge on any atom is -0.484 e. The van der Waals surface area contributed by atoms with Gasteiger partial charge in [0, 0.05) is 16.4 Å². The predicted molar refractivity (Wildman–Crippen MR) is 81.7 cm³/mol. The molecule has 0 aliphatic heterocycles. The lowest BCUT2D eigenvalue weighted by Crippen LogP contribution is -2.19. The summed E-state index contributed by atoms with van der Waals surface area (Å²) in [7, 11) is 0. The fourth-order valence-corrected chi connectivity index (χ4v) is 2.93. The number of alkyl halides is 3. The van der Waals surface area contributed by atoms with E-state index >= 15 is 0 Å². The van der Waals surface area contributed by atoms with Crippen molar-refractivity contribution in [3.63, 3.8) is 0 Å². The molecule has 0 N–H and O–H groups in total. The smallest absolute Gasteiger partial charge is 0.422 e. The number of hydrogen-bond acceptors (Lipinski definition) is 5. The third-order valence-electron chi connectivity index (χ3n) is 3.61. The molecule has 8 heteroatoms. The maximum Gasteiger partial charge on any atom is 0.422 e. The van der Waals surface area contributed by atoms with E-state index in [2.05, 4.69) is 5.16 Å². The summed E-state index contributed by atoms with van der Waals surface area (Å²) in [6.07, 6.45) is 0.670. The summed E-state index contributed by atoms with van der Waals surface area (Å²) in [5.41, 5.74) is 0.809. The highest BCUT2D eigenvalue weighted by molar-refractivity contribution is 7.98. The van der Waals surface area contributed by atoms with Gasteiger partial charge in [-0.1, -0.05) is 5.16 Å². The van der Waals surface area contributed by atoms with Crippen molar-refractivity contribution in [1.82, 2.24) is 5.16 Å². The summed E-state index contributed by atoms with van der Waals surface area (Å²) >= 11 is 1.27. The maximum atomic E-state index is 12.7. The molecule has 0 unspecified atom stereocenters. The van der Waals surface area contributed by atoms with E-state index in [4.69, 9.17) is 9.26 Å². The highest BCUT2D eigenvalue weighted by Gasteiger charge is 2.33. The number of hydrogen-bond donors (Lipinski definition) is 0. The van der Waals surface area contributed by atoms with Crippen LogP contribution in [0.4, 0.5) is 13.2 Å². The van der Waals surface area contributed by atoms with Gasteiger partial charge in [0.2, 0.25) is 0 Å². The van der Waals surface area contributed by atoms with Gasteiger partial charge in [-0.15, -0.1) is 11.8 Å². The van der Waals surface area contributed by atoms with Crippen molar-refractivity contribution in [3.8, 4) is 5.75 Å². The van der Waals surface area contributed by atoms with Crippen molar-refractivity contribution in [2.24, 2.45) is 0 Å². The van der Waals surface area contributed by atoms with E-state index in [1.807, 2.05) is 0 Å². The Morgan fingerprint density at radius 3 is 2.75 bits per heavy atom. The molecule has 0 amide bonds. The molecule has 3 rings (SSSR count). The van der Waals surface area contributed by atoms with Crippen LogP contribution < -0.4 is 4.74 Å². The monoisotopic (exact) mass is 357 g/mol. The average molecular weight is 357 g/mol. The number of halogens is 3. The van der Waals surface area contributed by atoms with Gasteiger partial charge in [0.1, 0.15) is 5.75 Å². The van der Waals surface area contributed by atoms with Gasteiger partial charge in [-0.25, -0.2) is 0 Å². The molecule has 0 spiro atoms. The second-order valence-electron chi connectivity index (χ2n) is 5.47. The number of ether oxygens (including phenoxy) is 1. The number of carbonyl (C=O) groups excluding carboxylic acids is 1. The summed E-state index contributed by atoms with van der Waals surface area (Å²) in [4.78, 5) is 13.3. The molecule has 1 saturated carbocycles. The molecule has 1 aromatic heterocycles. The van der Waals surface area contributed by atoms with Gasteiger partial charge in [-0.2, -0.15) is 13.2 Å². The van der Waals surface area contributed by atoms with Crippen LogP contribution in [-0.2, 0) is 0 Å². The van der Waals surface area contributed by atoms with E-state index < -0.39 is 12.8 Å². The number of nitrogens with zero attached hydrogens (tertiary/aromatic N) is 1. The Labute approximate surface area is 140 Å². The van der Waals surface area contributed by atoms with Crippen LogP contribution in [0.3, 0.4) is 0 Å². The van der Waals surface area contributed by atoms with Gasteiger partial charge in [0.15, 0.2) is 18.2 Å². The third kappa shape index (κ3) is 3.75. The van der Waals surface area contributed by atoms with Crippen LogP contribution >= 0.6 is 11.8 Å². The minimum atomic E-state index is -4.41. The Balaban J connectivity index is 1.84. The van der Waals surface area contributed by atoms with Crippen LogP contribution in [0.25, 0.3) is 0 Å². The Hall–Kier alpha value is -1.96. The van der Waals surface area contributed by atoms with E-state index in [0.29, 0.717) is 21.8 Å². The summed E-state index contributed by atoms with van der Waals surface area (Å²) in [6, 6.07) is 4.28. The number of ketones is 1. The van der Waals surface area contributed by atoms with Gasteiger partial charge >= 0.3 is 6.18 Å². The number of carbonyl (C=O) groups is 1. The quantitative estimate of drug-likeness (QED) is 0.565. The second kappa shape index (κ2) is 6.51. The first kappa shape index (κ1) is 16.9. The zero-order chi connectivity index (χ0) is 17.3. The molecule has 1 aliphatic carbocycles. The lowest BCUT2D eigenvalue weighted by Gasteiger charge is -2.12. The van der Waals surface area contributed by atoms with Crippen LogP contribution in [-0.4, -0.2) is 30.0 Å². The average Bonchev–Trinajstić information content (AvgIpc) is 3.28. The molecule has 1 aliphatic rings. The highest BCUT2D eigenvalue weighted by atomic mass is 32.2. The molecule has 0 radical (unpaired) electrons. The Bertz CT molecular complexity index is 753. The van der Waals surface area contributed by atoms with Crippen molar-refractivity contribution in [3.05, 3.63) is 41.3 Å². The topological polar surface area (TPSA) is 52.3 Å². The largest absolute Gasteiger partial charge is 0.484 e. The molecular weight excluding hydrogens is 343 g/mol. The minimum absolute atomic E-state index is 0.0703. The van der Waals surface area contributed by atoms with E-state index in [0.717, 1.165) is 12.8 Å². The molecule has 1 fully saturated rings. The molecule has 128 valence electrons. The van der Waals surface area contributed by atoms with Crippen molar-refractivity contribution in [1.29, 1.82) is 0 Å². The molecule has 1 aromatic carbocycles. The van der Waals surface area contributed by atoms with Crippen LogP contribution in [0.2, 0.25) is 0 Å². The fourth-order valence-electron chi connectivity index (χ4n) is 2.32. The molecular formula is C16H14F3NO3S. The van der Waals surface area contributed by atoms with E-state index in [9.17, 15) is 18.0 Å². The molecule has 24 heavy (non-hydrogen) atoms. The Kier molecular flexibility index (Phi) is 4.58. The number of rotatable bonds is 6. The Morgan fingerprint density at radius 2 is 2.12 bits per heavy atom. The summed E-state index contributed by atoms with van der Waals surface area (Å²) in [5.74, 6) is 0.647. The lowest BCUT2D eigenvalue weighted by atomic mass is 10.0. The van der Waals surface area contributed by atoms with Gasteiger partial charge in [-0.05, 0) is 37.3 Å². The van der Waals surface area contributed by atoms with Gasteiger partial charge in [0.05, 0.1) is 11.8 Å². The lowest BCUT2D eigenvalue weighted by molar-refractivity contribution is -0.153. The van der Waals surface area contributed by atoms with Crippen LogP contribution in [0.1, 0.15) is 40.4 Å². The van der Waals surface area contributed by atoms with Crippen LogP contribution in [0, 0.1) is 0 Å². The van der Waals surface area contributed by atoms with Crippen molar-refractivity contribution in [2.45, 2.75) is 29.8 Å². The van der Waals surface area contributed by atoms with Crippen molar-refractivity contribution < 1.29 is 27.2 Å². The highest BCUT2D eigenvalue weighted by Crippen LogP contribution is 2.42.